The molecule has 0 aliphatic rings. The minimum atomic E-state index is -0.426. The molecule has 2 heterocycles. The van der Waals surface area contributed by atoms with Crippen molar-refractivity contribution in [2.45, 2.75) is 27.7 Å². The van der Waals surface area contributed by atoms with Gasteiger partial charge in [0.25, 0.3) is 5.91 Å². The highest BCUT2D eigenvalue weighted by Crippen LogP contribution is 2.33. The summed E-state index contributed by atoms with van der Waals surface area (Å²) in [7, 11) is 1.34. The Morgan fingerprint density at radius 1 is 1.10 bits per heavy atom. The van der Waals surface area contributed by atoms with Crippen LogP contribution in [0.15, 0.2) is 6.07 Å². The predicted molar refractivity (Wildman–Crippen MR) is 86.9 cm³/mol. The third-order valence-corrected chi connectivity index (χ3v) is 5.38. The van der Waals surface area contributed by atoms with Gasteiger partial charge in [-0.15, -0.1) is 22.7 Å². The van der Waals surface area contributed by atoms with E-state index in [2.05, 4.69) is 5.32 Å². The minimum absolute atomic E-state index is 0.191. The third kappa shape index (κ3) is 3.01. The predicted octanol–water partition coefficient (Wildman–Crippen LogP) is 4.08. The first kappa shape index (κ1) is 15.7. The number of hydrogen-bond acceptors (Lipinski definition) is 5. The number of aryl methyl sites for hydroxylation is 3. The zero-order chi connectivity index (χ0) is 15.7. The van der Waals surface area contributed by atoms with Gasteiger partial charge in [0.1, 0.15) is 5.00 Å². The summed E-state index contributed by atoms with van der Waals surface area (Å²) < 4.78 is 4.80. The first-order chi connectivity index (χ1) is 9.85. The van der Waals surface area contributed by atoms with E-state index in [0.29, 0.717) is 16.1 Å². The summed E-state index contributed by atoms with van der Waals surface area (Å²) in [4.78, 5) is 27.3. The highest BCUT2D eigenvalue weighted by molar-refractivity contribution is 7.17. The Kier molecular flexibility index (Phi) is 4.49. The molecule has 2 aromatic rings. The summed E-state index contributed by atoms with van der Waals surface area (Å²) >= 11 is 2.97. The molecule has 2 aromatic heterocycles. The van der Waals surface area contributed by atoms with Crippen molar-refractivity contribution in [2.75, 3.05) is 12.4 Å². The maximum absolute atomic E-state index is 12.4. The molecule has 6 heteroatoms. The van der Waals surface area contributed by atoms with E-state index < -0.39 is 5.97 Å². The lowest BCUT2D eigenvalue weighted by atomic mass is 10.1. The van der Waals surface area contributed by atoms with Gasteiger partial charge in [-0.1, -0.05) is 0 Å². The van der Waals surface area contributed by atoms with Crippen molar-refractivity contribution in [3.8, 4) is 0 Å². The van der Waals surface area contributed by atoms with Gasteiger partial charge in [0, 0.05) is 14.6 Å². The van der Waals surface area contributed by atoms with E-state index in [9.17, 15) is 9.59 Å². The SMILES string of the molecule is COC(=O)c1c(NC(=O)c2cc(C)sc2C)sc(C)c1C. The molecule has 1 amide bonds. The largest absolute Gasteiger partial charge is 0.465 e. The fraction of sp³-hybridized carbons (Fsp3) is 0.333. The van der Waals surface area contributed by atoms with Crippen LogP contribution in [0.3, 0.4) is 0 Å². The van der Waals surface area contributed by atoms with E-state index in [1.807, 2.05) is 33.8 Å². The zero-order valence-electron chi connectivity index (χ0n) is 12.6. The van der Waals surface area contributed by atoms with Crippen LogP contribution < -0.4 is 5.32 Å². The van der Waals surface area contributed by atoms with Crippen molar-refractivity contribution in [3.63, 3.8) is 0 Å². The summed E-state index contributed by atoms with van der Waals surface area (Å²) in [6, 6.07) is 1.86. The molecule has 0 aliphatic carbocycles. The number of nitrogens with one attached hydrogen (secondary N) is 1. The van der Waals surface area contributed by atoms with Gasteiger partial charge < -0.3 is 10.1 Å². The molecular formula is C15H17NO3S2. The van der Waals surface area contributed by atoms with Crippen molar-refractivity contribution >= 4 is 39.6 Å². The normalized spacial score (nSPS) is 10.5. The van der Waals surface area contributed by atoms with Crippen LogP contribution in [0.5, 0.6) is 0 Å². The summed E-state index contributed by atoms with van der Waals surface area (Å²) in [5, 5.41) is 3.39. The van der Waals surface area contributed by atoms with Crippen molar-refractivity contribution < 1.29 is 14.3 Å². The lowest BCUT2D eigenvalue weighted by Gasteiger charge is -2.05. The maximum atomic E-state index is 12.4. The van der Waals surface area contributed by atoms with E-state index in [1.165, 1.54) is 18.4 Å². The number of carbonyl (C=O) groups excluding carboxylic acids is 2. The number of rotatable bonds is 3. The summed E-state index contributed by atoms with van der Waals surface area (Å²) in [5.41, 5.74) is 1.94. The average Bonchev–Trinajstić information content (AvgIpc) is 2.89. The molecule has 0 radical (unpaired) electrons. The number of esters is 1. The lowest BCUT2D eigenvalue weighted by Crippen LogP contribution is -2.14. The van der Waals surface area contributed by atoms with Crippen LogP contribution in [0.25, 0.3) is 0 Å². The van der Waals surface area contributed by atoms with Crippen LogP contribution in [0.2, 0.25) is 0 Å². The number of hydrogen-bond donors (Lipinski definition) is 1. The lowest BCUT2D eigenvalue weighted by molar-refractivity contribution is 0.0601. The Balaban J connectivity index is 2.36. The summed E-state index contributed by atoms with van der Waals surface area (Å²) in [5.74, 6) is -0.617. The number of amides is 1. The van der Waals surface area contributed by atoms with Crippen LogP contribution in [0, 0.1) is 27.7 Å². The Bertz CT molecular complexity index is 713. The molecule has 0 fully saturated rings. The molecule has 0 saturated heterocycles. The molecule has 0 aliphatic heterocycles. The second-order valence-electron chi connectivity index (χ2n) is 4.76. The molecule has 0 spiro atoms. The summed E-state index contributed by atoms with van der Waals surface area (Å²) in [6.07, 6.45) is 0. The van der Waals surface area contributed by atoms with E-state index in [-0.39, 0.29) is 5.91 Å². The van der Waals surface area contributed by atoms with Gasteiger partial charge in [-0.25, -0.2) is 4.79 Å². The van der Waals surface area contributed by atoms with E-state index in [4.69, 9.17) is 4.74 Å². The van der Waals surface area contributed by atoms with Gasteiger partial charge in [-0.2, -0.15) is 0 Å². The van der Waals surface area contributed by atoms with Crippen molar-refractivity contribution in [3.05, 3.63) is 37.4 Å². The van der Waals surface area contributed by atoms with Gasteiger partial charge in [0.2, 0.25) is 0 Å². The number of methoxy groups -OCH3 is 1. The first-order valence-electron chi connectivity index (χ1n) is 6.41. The van der Waals surface area contributed by atoms with Gasteiger partial charge in [0.05, 0.1) is 18.2 Å². The Hall–Kier alpha value is -1.66. The van der Waals surface area contributed by atoms with Gasteiger partial charge in [-0.3, -0.25) is 4.79 Å². The Labute approximate surface area is 131 Å². The second kappa shape index (κ2) is 5.99. The van der Waals surface area contributed by atoms with E-state index >= 15 is 0 Å². The minimum Gasteiger partial charge on any atom is -0.465 e. The standard InChI is InChI=1S/C15H17NO3S2/c1-7-6-11(10(4)20-7)13(17)16-14-12(15(18)19-5)8(2)9(3)21-14/h6H,1-5H3,(H,16,17). The molecule has 21 heavy (non-hydrogen) atoms. The molecule has 4 nitrogen and oxygen atoms in total. The smallest absolute Gasteiger partial charge is 0.341 e. The number of anilines is 1. The van der Waals surface area contributed by atoms with Crippen molar-refractivity contribution in [1.29, 1.82) is 0 Å². The van der Waals surface area contributed by atoms with E-state index in [0.717, 1.165) is 20.2 Å². The molecule has 112 valence electrons. The summed E-state index contributed by atoms with van der Waals surface area (Å²) in [6.45, 7) is 7.66. The Morgan fingerprint density at radius 2 is 1.76 bits per heavy atom. The van der Waals surface area contributed by atoms with Crippen LogP contribution in [-0.2, 0) is 4.74 Å². The van der Waals surface area contributed by atoms with Crippen molar-refractivity contribution in [2.24, 2.45) is 0 Å². The number of ether oxygens (including phenoxy) is 1. The third-order valence-electron chi connectivity index (χ3n) is 3.29. The van der Waals surface area contributed by atoms with Gasteiger partial charge >= 0.3 is 5.97 Å². The fourth-order valence-electron chi connectivity index (χ4n) is 2.09. The van der Waals surface area contributed by atoms with E-state index in [1.54, 1.807) is 11.3 Å². The topological polar surface area (TPSA) is 55.4 Å². The molecule has 0 atom stereocenters. The van der Waals surface area contributed by atoms with Gasteiger partial charge in [0.15, 0.2) is 0 Å². The number of carbonyl (C=O) groups is 2. The number of thiophene rings is 2. The van der Waals surface area contributed by atoms with Crippen LogP contribution >= 0.6 is 22.7 Å². The van der Waals surface area contributed by atoms with Gasteiger partial charge in [-0.05, 0) is 39.3 Å². The maximum Gasteiger partial charge on any atom is 0.341 e. The average molecular weight is 323 g/mol. The second-order valence-corrected chi connectivity index (χ2v) is 7.45. The molecule has 1 N–H and O–H groups in total. The molecular weight excluding hydrogens is 306 g/mol. The molecule has 0 unspecified atom stereocenters. The highest BCUT2D eigenvalue weighted by atomic mass is 32.1. The first-order valence-corrected chi connectivity index (χ1v) is 8.05. The monoisotopic (exact) mass is 323 g/mol. The molecule has 0 bridgehead atoms. The highest BCUT2D eigenvalue weighted by Gasteiger charge is 2.22. The van der Waals surface area contributed by atoms with Crippen molar-refractivity contribution in [1.82, 2.24) is 0 Å². The Morgan fingerprint density at radius 3 is 2.29 bits per heavy atom. The van der Waals surface area contributed by atoms with Crippen LogP contribution in [-0.4, -0.2) is 19.0 Å². The quantitative estimate of drug-likeness (QED) is 0.866. The van der Waals surface area contributed by atoms with Crippen LogP contribution in [0.4, 0.5) is 5.00 Å². The molecule has 0 aromatic carbocycles. The molecule has 2 rings (SSSR count). The molecule has 0 saturated carbocycles. The fourth-order valence-corrected chi connectivity index (χ4v) is 4.05. The van der Waals surface area contributed by atoms with Crippen LogP contribution in [0.1, 0.15) is 40.9 Å². The zero-order valence-corrected chi connectivity index (χ0v) is 14.3.